The molecule has 1 aromatic carbocycles. The van der Waals surface area contributed by atoms with Crippen molar-refractivity contribution in [1.29, 1.82) is 0 Å². The van der Waals surface area contributed by atoms with Crippen molar-refractivity contribution < 1.29 is 22.4 Å². The number of carbonyl (C=O) groups is 1. The number of aryl methyl sites for hydroxylation is 2. The van der Waals surface area contributed by atoms with Crippen molar-refractivity contribution in [1.82, 2.24) is 19.6 Å². The molecule has 0 aliphatic heterocycles. The molecule has 0 saturated heterocycles. The van der Waals surface area contributed by atoms with Crippen molar-refractivity contribution in [3.8, 4) is 0 Å². The molecule has 0 atom stereocenters. The first-order valence-corrected chi connectivity index (χ1v) is 7.85. The van der Waals surface area contributed by atoms with Crippen LogP contribution in [0.5, 0.6) is 0 Å². The van der Waals surface area contributed by atoms with E-state index in [0.29, 0.717) is 22.0 Å². The molecule has 3 rings (SSSR count). The average Bonchev–Trinajstić information content (AvgIpc) is 3.12. The summed E-state index contributed by atoms with van der Waals surface area (Å²) in [6, 6.07) is 8.41. The number of anilines is 1. The van der Waals surface area contributed by atoms with Gasteiger partial charge in [0.05, 0.1) is 6.54 Å². The minimum atomic E-state index is -4.61. The molecule has 3 aromatic rings. The predicted molar refractivity (Wildman–Crippen MR) is 88.6 cm³/mol. The van der Waals surface area contributed by atoms with E-state index >= 15 is 0 Å². The van der Waals surface area contributed by atoms with E-state index in [2.05, 4.69) is 15.5 Å². The molecule has 0 bridgehead atoms. The van der Waals surface area contributed by atoms with Crippen LogP contribution in [0.3, 0.4) is 0 Å². The standard InChI is InChI=1S/C17H15F4N5O/c1-10-7-15(24-26(10)9-11-5-3-4-6-12(11)18)22-16(27)13-8-14(17(19,20)21)25(2)23-13/h3-8H,9H2,1-2H3,(H,22,24,27). The summed E-state index contributed by atoms with van der Waals surface area (Å²) in [6.07, 6.45) is -4.61. The summed E-state index contributed by atoms with van der Waals surface area (Å²) in [6.45, 7) is 1.86. The lowest BCUT2D eigenvalue weighted by Crippen LogP contribution is -2.14. The van der Waals surface area contributed by atoms with E-state index in [1.807, 2.05) is 0 Å². The summed E-state index contributed by atoms with van der Waals surface area (Å²) < 4.78 is 54.3. The van der Waals surface area contributed by atoms with Gasteiger partial charge >= 0.3 is 6.18 Å². The van der Waals surface area contributed by atoms with Gasteiger partial charge in [-0.25, -0.2) is 4.39 Å². The fourth-order valence-corrected chi connectivity index (χ4v) is 2.54. The van der Waals surface area contributed by atoms with E-state index in [1.54, 1.807) is 25.1 Å². The summed E-state index contributed by atoms with van der Waals surface area (Å²) in [5.74, 6) is -1.07. The Bertz CT molecular complexity index is 990. The molecule has 27 heavy (non-hydrogen) atoms. The predicted octanol–water partition coefficient (Wildman–Crippen LogP) is 3.38. The number of hydrogen-bond acceptors (Lipinski definition) is 3. The lowest BCUT2D eigenvalue weighted by atomic mass is 10.2. The molecule has 0 unspecified atom stereocenters. The molecule has 0 aliphatic rings. The van der Waals surface area contributed by atoms with E-state index in [9.17, 15) is 22.4 Å². The van der Waals surface area contributed by atoms with Crippen LogP contribution in [-0.2, 0) is 19.8 Å². The van der Waals surface area contributed by atoms with Crippen molar-refractivity contribution in [2.75, 3.05) is 5.32 Å². The van der Waals surface area contributed by atoms with Crippen LogP contribution in [0.1, 0.15) is 27.4 Å². The summed E-state index contributed by atoms with van der Waals surface area (Å²) in [5, 5.41) is 10.1. The van der Waals surface area contributed by atoms with Crippen LogP contribution in [0, 0.1) is 12.7 Å². The summed E-state index contributed by atoms with van der Waals surface area (Å²) in [5.41, 5.74) is -0.355. The second kappa shape index (κ2) is 6.86. The highest BCUT2D eigenvalue weighted by Crippen LogP contribution is 2.29. The van der Waals surface area contributed by atoms with Gasteiger partial charge < -0.3 is 5.32 Å². The molecule has 0 saturated carbocycles. The van der Waals surface area contributed by atoms with Crippen LogP contribution in [-0.4, -0.2) is 25.5 Å². The van der Waals surface area contributed by atoms with Gasteiger partial charge in [0.15, 0.2) is 11.5 Å². The molecule has 6 nitrogen and oxygen atoms in total. The molecule has 10 heteroatoms. The van der Waals surface area contributed by atoms with E-state index < -0.39 is 17.8 Å². The first kappa shape index (κ1) is 18.6. The van der Waals surface area contributed by atoms with E-state index in [-0.39, 0.29) is 23.9 Å². The lowest BCUT2D eigenvalue weighted by Gasteiger charge is -2.05. The van der Waals surface area contributed by atoms with Crippen LogP contribution < -0.4 is 5.32 Å². The van der Waals surface area contributed by atoms with Gasteiger partial charge in [0, 0.05) is 30.4 Å². The number of halogens is 4. The molecule has 2 heterocycles. The number of aromatic nitrogens is 4. The second-order valence-corrected chi connectivity index (χ2v) is 5.91. The van der Waals surface area contributed by atoms with Gasteiger partial charge in [-0.15, -0.1) is 0 Å². The van der Waals surface area contributed by atoms with Gasteiger partial charge in [0.25, 0.3) is 5.91 Å². The van der Waals surface area contributed by atoms with Gasteiger partial charge in [-0.05, 0) is 13.0 Å². The van der Waals surface area contributed by atoms with Crippen molar-refractivity contribution >= 4 is 11.7 Å². The Morgan fingerprint density at radius 3 is 2.52 bits per heavy atom. The number of nitrogens with zero attached hydrogens (tertiary/aromatic N) is 4. The molecule has 1 N–H and O–H groups in total. The van der Waals surface area contributed by atoms with Crippen LogP contribution >= 0.6 is 0 Å². The second-order valence-electron chi connectivity index (χ2n) is 5.91. The molecule has 0 fully saturated rings. The zero-order valence-electron chi connectivity index (χ0n) is 14.4. The number of carbonyl (C=O) groups excluding carboxylic acids is 1. The Labute approximate surface area is 151 Å². The smallest absolute Gasteiger partial charge is 0.304 e. The van der Waals surface area contributed by atoms with Gasteiger partial charge in [0.2, 0.25) is 0 Å². The minimum absolute atomic E-state index is 0.132. The fourth-order valence-electron chi connectivity index (χ4n) is 2.54. The minimum Gasteiger partial charge on any atom is -0.304 e. The van der Waals surface area contributed by atoms with Gasteiger partial charge in [0.1, 0.15) is 11.5 Å². The van der Waals surface area contributed by atoms with Crippen molar-refractivity contribution in [3.63, 3.8) is 0 Å². The Morgan fingerprint density at radius 2 is 1.89 bits per heavy atom. The Balaban J connectivity index is 1.77. The summed E-state index contributed by atoms with van der Waals surface area (Å²) >= 11 is 0. The van der Waals surface area contributed by atoms with Gasteiger partial charge in [-0.2, -0.15) is 23.4 Å². The third kappa shape index (κ3) is 3.99. The molecule has 0 radical (unpaired) electrons. The molecular formula is C17H15F4N5O. The molecule has 1 amide bonds. The third-order valence-corrected chi connectivity index (χ3v) is 3.90. The maximum absolute atomic E-state index is 13.8. The summed E-state index contributed by atoms with van der Waals surface area (Å²) in [4.78, 5) is 12.2. The zero-order chi connectivity index (χ0) is 19.8. The fraction of sp³-hybridized carbons (Fsp3) is 0.235. The highest BCUT2D eigenvalue weighted by molar-refractivity contribution is 6.02. The van der Waals surface area contributed by atoms with Crippen LogP contribution in [0.4, 0.5) is 23.4 Å². The normalized spacial score (nSPS) is 11.6. The van der Waals surface area contributed by atoms with Gasteiger partial charge in [-0.3, -0.25) is 14.2 Å². The Morgan fingerprint density at radius 1 is 1.19 bits per heavy atom. The Kier molecular flexibility index (Phi) is 4.73. The highest BCUT2D eigenvalue weighted by Gasteiger charge is 2.35. The van der Waals surface area contributed by atoms with Crippen molar-refractivity contribution in [2.45, 2.75) is 19.6 Å². The number of rotatable bonds is 4. The number of benzene rings is 1. The molecule has 142 valence electrons. The molecular weight excluding hydrogens is 366 g/mol. The molecule has 0 spiro atoms. The number of nitrogens with one attached hydrogen (secondary N) is 1. The summed E-state index contributed by atoms with van der Waals surface area (Å²) in [7, 11) is 1.10. The monoisotopic (exact) mass is 381 g/mol. The van der Waals surface area contributed by atoms with E-state index in [0.717, 1.165) is 7.05 Å². The quantitative estimate of drug-likeness (QED) is 0.705. The topological polar surface area (TPSA) is 64.7 Å². The van der Waals surface area contributed by atoms with Crippen LogP contribution in [0.2, 0.25) is 0 Å². The van der Waals surface area contributed by atoms with Crippen molar-refractivity contribution in [3.05, 3.63) is 64.9 Å². The SMILES string of the molecule is Cc1cc(NC(=O)c2cc(C(F)(F)F)n(C)n2)nn1Cc1ccccc1F. The van der Waals surface area contributed by atoms with Crippen LogP contribution in [0.25, 0.3) is 0 Å². The largest absolute Gasteiger partial charge is 0.433 e. The highest BCUT2D eigenvalue weighted by atomic mass is 19.4. The number of hydrogen-bond donors (Lipinski definition) is 1. The first-order valence-electron chi connectivity index (χ1n) is 7.85. The maximum Gasteiger partial charge on any atom is 0.433 e. The van der Waals surface area contributed by atoms with Crippen molar-refractivity contribution in [2.24, 2.45) is 7.05 Å². The van der Waals surface area contributed by atoms with E-state index in [4.69, 9.17) is 0 Å². The number of alkyl halides is 3. The van der Waals surface area contributed by atoms with E-state index in [1.165, 1.54) is 16.8 Å². The molecule has 0 aliphatic carbocycles. The number of amides is 1. The maximum atomic E-state index is 13.8. The van der Waals surface area contributed by atoms with Crippen LogP contribution in [0.15, 0.2) is 36.4 Å². The third-order valence-electron chi connectivity index (χ3n) is 3.90. The molecule has 2 aromatic heterocycles. The Hall–Kier alpha value is -3.17. The lowest BCUT2D eigenvalue weighted by molar-refractivity contribution is -0.143. The average molecular weight is 381 g/mol. The zero-order valence-corrected chi connectivity index (χ0v) is 14.4. The first-order chi connectivity index (χ1) is 12.6. The van der Waals surface area contributed by atoms with Gasteiger partial charge in [-0.1, -0.05) is 18.2 Å².